The number of carbonyl (C=O) groups is 2. The van der Waals surface area contributed by atoms with Crippen LogP contribution in [0.3, 0.4) is 0 Å². The lowest BCUT2D eigenvalue weighted by Crippen LogP contribution is -2.16. The molecule has 0 aliphatic carbocycles. The van der Waals surface area contributed by atoms with Crippen LogP contribution < -0.4 is 14.8 Å². The van der Waals surface area contributed by atoms with Crippen molar-refractivity contribution in [3.8, 4) is 22.8 Å². The highest BCUT2D eigenvalue weighted by atomic mass is 32.1. The van der Waals surface area contributed by atoms with Crippen LogP contribution in [0.1, 0.15) is 35.8 Å². The first-order valence-corrected chi connectivity index (χ1v) is 12.1. The van der Waals surface area contributed by atoms with Crippen molar-refractivity contribution < 1.29 is 23.8 Å². The van der Waals surface area contributed by atoms with Gasteiger partial charge in [0, 0.05) is 28.5 Å². The number of amides is 1. The van der Waals surface area contributed by atoms with Gasteiger partial charge in [0.25, 0.3) is 0 Å². The van der Waals surface area contributed by atoms with Gasteiger partial charge in [-0.15, -0.1) is 11.3 Å². The van der Waals surface area contributed by atoms with E-state index in [0.29, 0.717) is 29.4 Å². The maximum atomic E-state index is 12.8. The molecule has 0 fully saturated rings. The Bertz CT molecular complexity index is 1340. The van der Waals surface area contributed by atoms with Gasteiger partial charge in [-0.3, -0.25) is 9.20 Å². The van der Waals surface area contributed by atoms with E-state index in [9.17, 15) is 9.59 Å². The molecule has 0 aliphatic rings. The van der Waals surface area contributed by atoms with Crippen molar-refractivity contribution in [3.63, 3.8) is 0 Å². The van der Waals surface area contributed by atoms with Crippen LogP contribution in [-0.4, -0.2) is 42.1 Å². The third-order valence-corrected chi connectivity index (χ3v) is 6.31. The first-order valence-electron chi connectivity index (χ1n) is 11.3. The molecule has 2 aromatic carbocycles. The Hall–Kier alpha value is -3.85. The molecule has 0 radical (unpaired) electrons. The number of methoxy groups -OCH3 is 2. The average Bonchev–Trinajstić information content (AvgIpc) is 3.45. The number of ether oxygens (including phenoxy) is 3. The molecule has 2 aromatic heterocycles. The van der Waals surface area contributed by atoms with Gasteiger partial charge in [0.15, 0.2) is 4.96 Å². The Kier molecular flexibility index (Phi) is 7.67. The van der Waals surface area contributed by atoms with Gasteiger partial charge in [-0.05, 0) is 42.8 Å². The van der Waals surface area contributed by atoms with E-state index in [1.165, 1.54) is 11.3 Å². The number of anilines is 1. The van der Waals surface area contributed by atoms with Crippen LogP contribution in [0.15, 0.2) is 54.0 Å². The summed E-state index contributed by atoms with van der Waals surface area (Å²) >= 11 is 1.46. The summed E-state index contributed by atoms with van der Waals surface area (Å²) in [5.74, 6) is 0.792. The first-order chi connectivity index (χ1) is 17.0. The van der Waals surface area contributed by atoms with E-state index in [-0.39, 0.29) is 12.3 Å². The van der Waals surface area contributed by atoms with E-state index < -0.39 is 5.97 Å². The second-order valence-electron chi connectivity index (χ2n) is 7.87. The van der Waals surface area contributed by atoms with Crippen LogP contribution in [-0.2, 0) is 16.0 Å². The molecule has 0 spiro atoms. The minimum absolute atomic E-state index is 0.149. The smallest absolute Gasteiger partial charge is 0.338 e. The van der Waals surface area contributed by atoms with Gasteiger partial charge in [0.05, 0.1) is 38.5 Å². The zero-order valence-electron chi connectivity index (χ0n) is 19.9. The van der Waals surface area contributed by atoms with Gasteiger partial charge >= 0.3 is 5.97 Å². The fraction of sp³-hybridized carbons (Fsp3) is 0.269. The summed E-state index contributed by atoms with van der Waals surface area (Å²) in [5.41, 5.74) is 3.28. The predicted molar refractivity (Wildman–Crippen MR) is 136 cm³/mol. The van der Waals surface area contributed by atoms with Crippen molar-refractivity contribution in [1.29, 1.82) is 0 Å². The predicted octanol–water partition coefficient (Wildman–Crippen LogP) is 5.22. The Morgan fingerprint density at radius 3 is 2.74 bits per heavy atom. The highest BCUT2D eigenvalue weighted by Crippen LogP contribution is 2.34. The summed E-state index contributed by atoms with van der Waals surface area (Å²) in [4.78, 5) is 30.5. The molecule has 0 bridgehead atoms. The number of hydrogen-bond acceptors (Lipinski definition) is 7. The summed E-state index contributed by atoms with van der Waals surface area (Å²) in [6, 6.07) is 12.3. The van der Waals surface area contributed by atoms with Gasteiger partial charge < -0.3 is 19.5 Å². The number of aromatic nitrogens is 2. The number of hydrogen-bond donors (Lipinski definition) is 1. The van der Waals surface area contributed by atoms with Crippen molar-refractivity contribution in [3.05, 3.63) is 65.3 Å². The Labute approximate surface area is 207 Å². The van der Waals surface area contributed by atoms with E-state index in [2.05, 4.69) is 5.32 Å². The van der Waals surface area contributed by atoms with Gasteiger partial charge in [-0.2, -0.15) is 0 Å². The standard InChI is InChI=1S/C26H27N3O5S/c1-4-5-11-34-25(31)17-7-6-8-18(12-17)27-24(30)13-19-16-35-26-28-22(15-29(19)26)21-14-20(32-2)9-10-23(21)33-3/h6-10,12,14-16H,4-5,11,13H2,1-3H3,(H,27,30). The van der Waals surface area contributed by atoms with E-state index >= 15 is 0 Å². The molecule has 182 valence electrons. The highest BCUT2D eigenvalue weighted by molar-refractivity contribution is 7.15. The fourth-order valence-electron chi connectivity index (χ4n) is 3.59. The molecule has 35 heavy (non-hydrogen) atoms. The van der Waals surface area contributed by atoms with Crippen molar-refractivity contribution in [1.82, 2.24) is 9.38 Å². The van der Waals surface area contributed by atoms with Crippen molar-refractivity contribution in [2.24, 2.45) is 0 Å². The number of esters is 1. The van der Waals surface area contributed by atoms with Crippen LogP contribution >= 0.6 is 11.3 Å². The summed E-state index contributed by atoms with van der Waals surface area (Å²) in [7, 11) is 3.22. The molecule has 0 aliphatic heterocycles. The van der Waals surface area contributed by atoms with Crippen molar-refractivity contribution >= 4 is 33.9 Å². The van der Waals surface area contributed by atoms with Gasteiger partial charge in [0.2, 0.25) is 5.91 Å². The molecule has 1 amide bonds. The largest absolute Gasteiger partial charge is 0.497 e. The Morgan fingerprint density at radius 1 is 1.11 bits per heavy atom. The molecule has 4 rings (SSSR count). The number of thiazole rings is 1. The number of fused-ring (bicyclic) bond motifs is 1. The Balaban J connectivity index is 1.48. The average molecular weight is 494 g/mol. The van der Waals surface area contributed by atoms with E-state index in [4.69, 9.17) is 19.2 Å². The zero-order valence-corrected chi connectivity index (χ0v) is 20.7. The first kappa shape index (κ1) is 24.3. The Morgan fingerprint density at radius 2 is 1.97 bits per heavy atom. The number of nitrogens with one attached hydrogen (secondary N) is 1. The number of rotatable bonds is 10. The summed E-state index contributed by atoms with van der Waals surface area (Å²) < 4.78 is 18.0. The molecule has 8 nitrogen and oxygen atoms in total. The van der Waals surface area contributed by atoms with Gasteiger partial charge in [-0.1, -0.05) is 19.4 Å². The maximum Gasteiger partial charge on any atom is 0.338 e. The number of imidazole rings is 1. The lowest BCUT2D eigenvalue weighted by Gasteiger charge is -2.08. The lowest BCUT2D eigenvalue weighted by atomic mass is 10.1. The van der Waals surface area contributed by atoms with E-state index in [1.54, 1.807) is 38.5 Å². The zero-order chi connectivity index (χ0) is 24.8. The topological polar surface area (TPSA) is 91.2 Å². The summed E-state index contributed by atoms with van der Waals surface area (Å²) in [5, 5.41) is 4.78. The molecule has 0 atom stereocenters. The number of nitrogens with zero attached hydrogens (tertiary/aromatic N) is 2. The van der Waals surface area contributed by atoms with Crippen molar-refractivity contribution in [2.45, 2.75) is 26.2 Å². The molecule has 2 heterocycles. The van der Waals surface area contributed by atoms with Crippen LogP contribution in [0, 0.1) is 0 Å². The van der Waals surface area contributed by atoms with Crippen molar-refractivity contribution in [2.75, 3.05) is 26.1 Å². The third kappa shape index (κ3) is 5.63. The van der Waals surface area contributed by atoms with E-state index in [0.717, 1.165) is 34.8 Å². The minimum atomic E-state index is -0.395. The SMILES string of the molecule is CCCCOC(=O)c1cccc(NC(=O)Cc2csc3nc(-c4cc(OC)ccc4OC)cn23)c1. The van der Waals surface area contributed by atoms with Crippen LogP contribution in [0.2, 0.25) is 0 Å². The van der Waals surface area contributed by atoms with Crippen LogP contribution in [0.25, 0.3) is 16.2 Å². The number of unbranched alkanes of at least 4 members (excludes halogenated alkanes) is 1. The number of carbonyl (C=O) groups excluding carboxylic acids is 2. The van der Waals surface area contributed by atoms with Crippen LogP contribution in [0.4, 0.5) is 5.69 Å². The molecule has 9 heteroatoms. The molecule has 4 aromatic rings. The molecule has 0 saturated heterocycles. The summed E-state index contributed by atoms with van der Waals surface area (Å²) in [6.45, 7) is 2.42. The lowest BCUT2D eigenvalue weighted by molar-refractivity contribution is -0.115. The minimum Gasteiger partial charge on any atom is -0.497 e. The second-order valence-corrected chi connectivity index (χ2v) is 8.70. The monoisotopic (exact) mass is 493 g/mol. The third-order valence-electron chi connectivity index (χ3n) is 5.42. The molecular weight excluding hydrogens is 466 g/mol. The highest BCUT2D eigenvalue weighted by Gasteiger charge is 2.16. The van der Waals surface area contributed by atoms with Gasteiger partial charge in [0.1, 0.15) is 11.5 Å². The summed E-state index contributed by atoms with van der Waals surface area (Å²) in [6.07, 6.45) is 3.80. The van der Waals surface area contributed by atoms with Gasteiger partial charge in [-0.25, -0.2) is 9.78 Å². The van der Waals surface area contributed by atoms with Crippen LogP contribution in [0.5, 0.6) is 11.5 Å². The number of benzene rings is 2. The normalized spacial score (nSPS) is 10.8. The second kappa shape index (κ2) is 11.1. The maximum absolute atomic E-state index is 12.8. The fourth-order valence-corrected chi connectivity index (χ4v) is 4.46. The van der Waals surface area contributed by atoms with E-state index in [1.807, 2.05) is 41.1 Å². The molecule has 1 N–H and O–H groups in total. The molecule has 0 saturated carbocycles. The molecule has 0 unspecified atom stereocenters. The molecular formula is C26H27N3O5S. The quantitative estimate of drug-likeness (QED) is 0.241.